The Morgan fingerprint density at radius 3 is 3.00 bits per heavy atom. The lowest BCUT2D eigenvalue weighted by atomic mass is 9.98. The summed E-state index contributed by atoms with van der Waals surface area (Å²) in [6.07, 6.45) is 3.69. The second kappa shape index (κ2) is 5.32. The topological polar surface area (TPSA) is 64.3 Å². The Kier molecular flexibility index (Phi) is 3.50. The van der Waals surface area contributed by atoms with Crippen molar-refractivity contribution in [2.75, 3.05) is 13.6 Å². The van der Waals surface area contributed by atoms with Gasteiger partial charge >= 0.3 is 5.97 Å². The number of carboxylic acids is 1. The summed E-state index contributed by atoms with van der Waals surface area (Å²) in [4.78, 5) is 13.9. The van der Waals surface area contributed by atoms with E-state index < -0.39 is 5.97 Å². The molecule has 106 valence electrons. The van der Waals surface area contributed by atoms with Crippen molar-refractivity contribution in [1.82, 2.24) is 4.90 Å². The first-order valence-electron chi connectivity index (χ1n) is 6.67. The molecule has 0 atom stereocenters. The maximum atomic E-state index is 10.8. The summed E-state index contributed by atoms with van der Waals surface area (Å²) in [6.45, 7) is 1.68. The van der Waals surface area contributed by atoms with Crippen molar-refractivity contribution in [3.8, 4) is 6.07 Å². The summed E-state index contributed by atoms with van der Waals surface area (Å²) in [6, 6.07) is 6.11. The molecule has 2 heterocycles. The minimum atomic E-state index is -0.945. The molecule has 0 fully saturated rings. The third kappa shape index (κ3) is 2.44. The van der Waals surface area contributed by atoms with Gasteiger partial charge in [0.15, 0.2) is 0 Å². The Hall–Kier alpha value is -2.16. The predicted octanol–water partition coefficient (Wildman–Crippen LogP) is 2.86. The third-order valence-electron chi connectivity index (χ3n) is 3.76. The zero-order valence-electron chi connectivity index (χ0n) is 11.6. The molecular formula is C16H14N2O2S. The average Bonchev–Trinajstić information content (AvgIpc) is 2.69. The first-order chi connectivity index (χ1) is 10.1. The van der Waals surface area contributed by atoms with Gasteiger partial charge in [-0.25, -0.2) is 4.79 Å². The van der Waals surface area contributed by atoms with Gasteiger partial charge in [-0.3, -0.25) is 0 Å². The molecule has 4 nitrogen and oxygen atoms in total. The SMILES string of the molecule is CN1CCc2c(C#N)ccc3sc(/C=C/C(=O)O)c(c23)C1. The van der Waals surface area contributed by atoms with Gasteiger partial charge < -0.3 is 10.0 Å². The van der Waals surface area contributed by atoms with Crippen LogP contribution in [0.5, 0.6) is 0 Å². The Morgan fingerprint density at radius 2 is 2.29 bits per heavy atom. The van der Waals surface area contributed by atoms with Gasteiger partial charge in [0.1, 0.15) is 0 Å². The zero-order chi connectivity index (χ0) is 15.0. The van der Waals surface area contributed by atoms with E-state index in [0.717, 1.165) is 51.2 Å². The van der Waals surface area contributed by atoms with Crippen LogP contribution in [0.3, 0.4) is 0 Å². The van der Waals surface area contributed by atoms with E-state index in [1.807, 2.05) is 19.2 Å². The quantitative estimate of drug-likeness (QED) is 0.866. The number of nitriles is 1. The van der Waals surface area contributed by atoms with Gasteiger partial charge in [0.2, 0.25) is 0 Å². The van der Waals surface area contributed by atoms with Gasteiger partial charge in [-0.1, -0.05) is 0 Å². The van der Waals surface area contributed by atoms with Crippen molar-refractivity contribution in [1.29, 1.82) is 5.26 Å². The Morgan fingerprint density at radius 1 is 1.48 bits per heavy atom. The molecule has 21 heavy (non-hydrogen) atoms. The van der Waals surface area contributed by atoms with E-state index in [9.17, 15) is 10.1 Å². The zero-order valence-corrected chi connectivity index (χ0v) is 12.4. The van der Waals surface area contributed by atoms with Crippen LogP contribution in [0.15, 0.2) is 18.2 Å². The Balaban J connectivity index is 2.28. The number of rotatable bonds is 2. The lowest BCUT2D eigenvalue weighted by molar-refractivity contribution is -0.131. The van der Waals surface area contributed by atoms with Gasteiger partial charge in [-0.15, -0.1) is 11.3 Å². The van der Waals surface area contributed by atoms with Crippen molar-refractivity contribution in [3.63, 3.8) is 0 Å². The number of nitrogens with zero attached hydrogens (tertiary/aromatic N) is 2. The van der Waals surface area contributed by atoms with Crippen LogP contribution in [0.25, 0.3) is 16.2 Å². The van der Waals surface area contributed by atoms with Gasteiger partial charge in [0, 0.05) is 34.1 Å². The molecule has 1 aromatic carbocycles. The standard InChI is InChI=1S/C16H14N2O2S/c1-18-7-6-11-10(8-17)2-3-14-16(11)12(9-18)13(21-14)4-5-15(19)20/h2-5H,6-7,9H2,1H3,(H,19,20)/b5-4+. The number of likely N-dealkylation sites (N-methyl/N-ethyl adjacent to an activating group) is 1. The van der Waals surface area contributed by atoms with Crippen LogP contribution < -0.4 is 0 Å². The van der Waals surface area contributed by atoms with Crippen LogP contribution in [0.2, 0.25) is 0 Å². The highest BCUT2D eigenvalue weighted by molar-refractivity contribution is 7.20. The molecule has 1 N–H and O–H groups in total. The minimum absolute atomic E-state index is 0.727. The molecule has 2 aromatic rings. The van der Waals surface area contributed by atoms with E-state index in [1.54, 1.807) is 17.4 Å². The summed E-state index contributed by atoms with van der Waals surface area (Å²) in [5.41, 5.74) is 2.96. The number of hydrogen-bond acceptors (Lipinski definition) is 4. The summed E-state index contributed by atoms with van der Waals surface area (Å²) in [7, 11) is 2.05. The lowest BCUT2D eigenvalue weighted by Gasteiger charge is -2.13. The number of aliphatic carboxylic acids is 1. The molecule has 1 aliphatic heterocycles. The molecule has 5 heteroatoms. The fourth-order valence-electron chi connectivity index (χ4n) is 2.80. The molecule has 0 radical (unpaired) electrons. The molecule has 1 aliphatic rings. The highest BCUT2D eigenvalue weighted by Crippen LogP contribution is 2.38. The van der Waals surface area contributed by atoms with Crippen LogP contribution in [0, 0.1) is 11.3 Å². The van der Waals surface area contributed by atoms with Crippen LogP contribution in [-0.4, -0.2) is 29.6 Å². The molecule has 0 spiro atoms. The number of carboxylic acid groups (broad SMARTS) is 1. The van der Waals surface area contributed by atoms with Crippen LogP contribution in [0.1, 0.15) is 21.6 Å². The number of thiophene rings is 1. The Labute approximate surface area is 126 Å². The summed E-state index contributed by atoms with van der Waals surface area (Å²) < 4.78 is 1.12. The van der Waals surface area contributed by atoms with Gasteiger partial charge in [0.05, 0.1) is 11.6 Å². The first kappa shape index (κ1) is 13.8. The highest BCUT2D eigenvalue weighted by atomic mass is 32.1. The molecular weight excluding hydrogens is 284 g/mol. The van der Waals surface area contributed by atoms with E-state index in [1.165, 1.54) is 6.08 Å². The summed E-state index contributed by atoms with van der Waals surface area (Å²) in [5.74, 6) is -0.945. The van der Waals surface area contributed by atoms with E-state index in [4.69, 9.17) is 5.11 Å². The molecule has 0 bridgehead atoms. The van der Waals surface area contributed by atoms with E-state index >= 15 is 0 Å². The molecule has 0 aliphatic carbocycles. The van der Waals surface area contributed by atoms with Crippen LogP contribution in [0.4, 0.5) is 0 Å². The van der Waals surface area contributed by atoms with Crippen molar-refractivity contribution in [3.05, 3.63) is 39.8 Å². The van der Waals surface area contributed by atoms with E-state index in [2.05, 4.69) is 11.0 Å². The van der Waals surface area contributed by atoms with E-state index in [0.29, 0.717) is 0 Å². The van der Waals surface area contributed by atoms with E-state index in [-0.39, 0.29) is 0 Å². The summed E-state index contributed by atoms with van der Waals surface area (Å²) >= 11 is 1.59. The maximum Gasteiger partial charge on any atom is 0.328 e. The fraction of sp³-hybridized carbons (Fsp3) is 0.250. The number of benzene rings is 1. The molecule has 0 saturated heterocycles. The molecule has 0 saturated carbocycles. The second-order valence-corrected chi connectivity index (χ2v) is 6.26. The number of hydrogen-bond donors (Lipinski definition) is 1. The molecule has 3 rings (SSSR count). The van der Waals surface area contributed by atoms with Crippen molar-refractivity contribution in [2.24, 2.45) is 0 Å². The third-order valence-corrected chi connectivity index (χ3v) is 4.93. The normalized spacial score (nSPS) is 15.2. The molecule has 1 aromatic heterocycles. The Bertz CT molecular complexity index is 799. The van der Waals surface area contributed by atoms with Gasteiger partial charge in [-0.2, -0.15) is 5.26 Å². The van der Waals surface area contributed by atoms with Crippen molar-refractivity contribution in [2.45, 2.75) is 13.0 Å². The smallest absolute Gasteiger partial charge is 0.328 e. The average molecular weight is 298 g/mol. The van der Waals surface area contributed by atoms with Gasteiger partial charge in [0.25, 0.3) is 0 Å². The second-order valence-electron chi connectivity index (χ2n) is 5.18. The fourth-order valence-corrected chi connectivity index (χ4v) is 3.95. The minimum Gasteiger partial charge on any atom is -0.478 e. The summed E-state index contributed by atoms with van der Waals surface area (Å²) in [5, 5.41) is 19.3. The predicted molar refractivity (Wildman–Crippen MR) is 83.2 cm³/mol. The molecule has 0 unspecified atom stereocenters. The van der Waals surface area contributed by atoms with Gasteiger partial charge in [-0.05, 0) is 42.8 Å². The first-order valence-corrected chi connectivity index (χ1v) is 7.48. The number of carbonyl (C=O) groups is 1. The lowest BCUT2D eigenvalue weighted by Crippen LogP contribution is -2.18. The van der Waals surface area contributed by atoms with Crippen molar-refractivity contribution < 1.29 is 9.90 Å². The monoisotopic (exact) mass is 298 g/mol. The van der Waals surface area contributed by atoms with Crippen molar-refractivity contribution >= 4 is 33.5 Å². The van der Waals surface area contributed by atoms with Crippen LogP contribution in [-0.2, 0) is 17.8 Å². The molecule has 0 amide bonds. The largest absolute Gasteiger partial charge is 0.478 e. The highest BCUT2D eigenvalue weighted by Gasteiger charge is 2.21. The maximum absolute atomic E-state index is 10.8. The van der Waals surface area contributed by atoms with Crippen LogP contribution >= 0.6 is 11.3 Å².